The maximum atomic E-state index is 6.35. The van der Waals surface area contributed by atoms with E-state index in [1.54, 1.807) is 0 Å². The minimum Gasteiger partial charge on any atom is -0.377 e. The summed E-state index contributed by atoms with van der Waals surface area (Å²) in [6.07, 6.45) is 3.63. The number of halogens is 1. The summed E-state index contributed by atoms with van der Waals surface area (Å²) in [5.41, 5.74) is 2.57. The van der Waals surface area contributed by atoms with Crippen LogP contribution in [-0.2, 0) is 6.42 Å². The van der Waals surface area contributed by atoms with Gasteiger partial charge in [0.15, 0.2) is 0 Å². The molecular formula is C14H21ClN2. The molecule has 0 aliphatic carbocycles. The number of hydrogen-bond donors (Lipinski definition) is 1. The Hall–Kier alpha value is -0.730. The third-order valence-corrected chi connectivity index (χ3v) is 3.88. The number of rotatable bonds is 3. The van der Waals surface area contributed by atoms with E-state index < -0.39 is 0 Å². The van der Waals surface area contributed by atoms with Crippen LogP contribution in [0.3, 0.4) is 0 Å². The summed E-state index contributed by atoms with van der Waals surface area (Å²) in [7, 11) is 4.16. The van der Waals surface area contributed by atoms with E-state index in [1.807, 2.05) is 12.1 Å². The van der Waals surface area contributed by atoms with Crippen LogP contribution in [0.2, 0.25) is 5.02 Å². The quantitative estimate of drug-likeness (QED) is 0.890. The number of nitrogens with zero attached hydrogens (tertiary/aromatic N) is 1. The van der Waals surface area contributed by atoms with Gasteiger partial charge in [0.2, 0.25) is 0 Å². The van der Waals surface area contributed by atoms with Gasteiger partial charge < -0.3 is 10.2 Å². The third kappa shape index (κ3) is 3.14. The van der Waals surface area contributed by atoms with Crippen LogP contribution in [0.25, 0.3) is 0 Å². The lowest BCUT2D eigenvalue weighted by Gasteiger charge is -2.25. The highest BCUT2D eigenvalue weighted by molar-refractivity contribution is 6.31. The zero-order valence-corrected chi connectivity index (χ0v) is 11.4. The van der Waals surface area contributed by atoms with Crippen molar-refractivity contribution in [2.45, 2.75) is 19.3 Å². The second-order valence-electron chi connectivity index (χ2n) is 5.03. The van der Waals surface area contributed by atoms with E-state index in [1.165, 1.54) is 24.1 Å². The van der Waals surface area contributed by atoms with E-state index in [-0.39, 0.29) is 0 Å². The van der Waals surface area contributed by atoms with Crippen LogP contribution < -0.4 is 10.2 Å². The van der Waals surface area contributed by atoms with Crippen LogP contribution in [0.4, 0.5) is 5.69 Å². The van der Waals surface area contributed by atoms with Crippen molar-refractivity contribution in [3.8, 4) is 0 Å². The zero-order chi connectivity index (χ0) is 12.3. The number of hydrogen-bond acceptors (Lipinski definition) is 2. The number of piperidine rings is 1. The van der Waals surface area contributed by atoms with Gasteiger partial charge in [0, 0.05) is 24.8 Å². The van der Waals surface area contributed by atoms with Crippen LogP contribution in [0, 0.1) is 5.92 Å². The smallest absolute Gasteiger partial charge is 0.0458 e. The highest BCUT2D eigenvalue weighted by Gasteiger charge is 2.17. The molecular weight excluding hydrogens is 232 g/mol. The van der Waals surface area contributed by atoms with Gasteiger partial charge in [0.05, 0.1) is 0 Å². The summed E-state index contributed by atoms with van der Waals surface area (Å²) in [5, 5.41) is 4.32. The van der Waals surface area contributed by atoms with Crippen molar-refractivity contribution >= 4 is 17.3 Å². The lowest BCUT2D eigenvalue weighted by atomic mass is 9.90. The first-order valence-corrected chi connectivity index (χ1v) is 6.71. The van der Waals surface area contributed by atoms with Crippen molar-refractivity contribution in [1.29, 1.82) is 0 Å². The molecule has 0 spiro atoms. The fourth-order valence-corrected chi connectivity index (χ4v) is 2.79. The summed E-state index contributed by atoms with van der Waals surface area (Å²) < 4.78 is 0. The van der Waals surface area contributed by atoms with Crippen LogP contribution >= 0.6 is 11.6 Å². The van der Waals surface area contributed by atoms with E-state index in [0.717, 1.165) is 30.5 Å². The molecule has 1 saturated heterocycles. The number of anilines is 1. The van der Waals surface area contributed by atoms with Crippen molar-refractivity contribution in [3.63, 3.8) is 0 Å². The molecule has 0 unspecified atom stereocenters. The molecule has 1 N–H and O–H groups in total. The number of benzene rings is 1. The van der Waals surface area contributed by atoms with Gasteiger partial charge in [-0.15, -0.1) is 0 Å². The van der Waals surface area contributed by atoms with Crippen LogP contribution in [0.1, 0.15) is 18.4 Å². The fraction of sp³-hybridized carbons (Fsp3) is 0.571. The molecule has 17 heavy (non-hydrogen) atoms. The third-order valence-electron chi connectivity index (χ3n) is 3.53. The molecule has 0 aromatic heterocycles. The Morgan fingerprint density at radius 3 is 2.65 bits per heavy atom. The monoisotopic (exact) mass is 252 g/mol. The van der Waals surface area contributed by atoms with Crippen LogP contribution in [-0.4, -0.2) is 27.2 Å². The van der Waals surface area contributed by atoms with Gasteiger partial charge in [-0.2, -0.15) is 0 Å². The van der Waals surface area contributed by atoms with Crippen LogP contribution in [0.15, 0.2) is 18.2 Å². The van der Waals surface area contributed by atoms with Crippen molar-refractivity contribution in [2.24, 2.45) is 5.92 Å². The van der Waals surface area contributed by atoms with Gasteiger partial charge in [0.25, 0.3) is 0 Å². The molecule has 1 heterocycles. The molecule has 2 nitrogen and oxygen atoms in total. The first-order chi connectivity index (χ1) is 8.18. The van der Waals surface area contributed by atoms with Gasteiger partial charge >= 0.3 is 0 Å². The minimum absolute atomic E-state index is 0.773. The lowest BCUT2D eigenvalue weighted by molar-refractivity contribution is 0.373. The minimum atomic E-state index is 0.773. The first-order valence-electron chi connectivity index (χ1n) is 6.34. The molecule has 0 bridgehead atoms. The fourth-order valence-electron chi connectivity index (χ4n) is 2.54. The average molecular weight is 253 g/mol. The Labute approximate surface area is 109 Å². The molecule has 3 heteroatoms. The molecule has 1 aliphatic rings. The summed E-state index contributed by atoms with van der Waals surface area (Å²) in [6, 6.07) is 6.19. The average Bonchev–Trinajstić information content (AvgIpc) is 2.33. The summed E-state index contributed by atoms with van der Waals surface area (Å²) in [6.45, 7) is 2.29. The second kappa shape index (κ2) is 5.74. The molecule has 1 aromatic carbocycles. The summed E-state index contributed by atoms with van der Waals surface area (Å²) >= 11 is 6.35. The SMILES string of the molecule is CN(C)c1cccc(Cl)c1CC1CCNCC1. The Morgan fingerprint density at radius 1 is 1.29 bits per heavy atom. The van der Waals surface area contributed by atoms with E-state index in [4.69, 9.17) is 11.6 Å². The highest BCUT2D eigenvalue weighted by Crippen LogP contribution is 2.30. The lowest BCUT2D eigenvalue weighted by Crippen LogP contribution is -2.29. The van der Waals surface area contributed by atoms with Gasteiger partial charge in [-0.05, 0) is 56.0 Å². The van der Waals surface area contributed by atoms with E-state index in [2.05, 4.69) is 30.4 Å². The molecule has 0 saturated carbocycles. The Morgan fingerprint density at radius 2 is 2.00 bits per heavy atom. The Bertz CT molecular complexity index is 370. The molecule has 1 fully saturated rings. The Balaban J connectivity index is 2.18. The molecule has 2 rings (SSSR count). The summed E-state index contributed by atoms with van der Waals surface area (Å²) in [5.74, 6) is 0.773. The van der Waals surface area contributed by atoms with Gasteiger partial charge in [0.1, 0.15) is 0 Å². The van der Waals surface area contributed by atoms with Crippen molar-refractivity contribution in [2.75, 3.05) is 32.1 Å². The molecule has 0 radical (unpaired) electrons. The maximum absolute atomic E-state index is 6.35. The highest BCUT2D eigenvalue weighted by atomic mass is 35.5. The zero-order valence-electron chi connectivity index (χ0n) is 10.7. The van der Waals surface area contributed by atoms with Gasteiger partial charge in [-0.1, -0.05) is 17.7 Å². The van der Waals surface area contributed by atoms with Crippen molar-refractivity contribution in [3.05, 3.63) is 28.8 Å². The standard InChI is InChI=1S/C14H21ClN2/c1-17(2)14-5-3-4-13(15)12(14)10-11-6-8-16-9-7-11/h3-5,11,16H,6-10H2,1-2H3. The Kier molecular flexibility index (Phi) is 4.30. The van der Waals surface area contributed by atoms with Crippen LogP contribution in [0.5, 0.6) is 0 Å². The van der Waals surface area contributed by atoms with Crippen molar-refractivity contribution in [1.82, 2.24) is 5.32 Å². The van der Waals surface area contributed by atoms with E-state index in [0.29, 0.717) is 0 Å². The molecule has 1 aromatic rings. The molecule has 94 valence electrons. The van der Waals surface area contributed by atoms with Gasteiger partial charge in [-0.25, -0.2) is 0 Å². The topological polar surface area (TPSA) is 15.3 Å². The summed E-state index contributed by atoms with van der Waals surface area (Å²) in [4.78, 5) is 2.16. The second-order valence-corrected chi connectivity index (χ2v) is 5.44. The maximum Gasteiger partial charge on any atom is 0.0458 e. The largest absolute Gasteiger partial charge is 0.377 e. The van der Waals surface area contributed by atoms with Gasteiger partial charge in [-0.3, -0.25) is 0 Å². The first kappa shape index (κ1) is 12.7. The molecule has 0 atom stereocenters. The van der Waals surface area contributed by atoms with Crippen molar-refractivity contribution < 1.29 is 0 Å². The predicted octanol–water partition coefficient (Wildman–Crippen LogP) is 2.95. The normalized spacial score (nSPS) is 17.1. The molecule has 0 amide bonds. The number of nitrogens with one attached hydrogen (secondary N) is 1. The van der Waals surface area contributed by atoms with E-state index >= 15 is 0 Å². The predicted molar refractivity (Wildman–Crippen MR) is 75.1 cm³/mol. The molecule has 1 aliphatic heterocycles. The van der Waals surface area contributed by atoms with E-state index in [9.17, 15) is 0 Å².